The average Bonchev–Trinajstić information content (AvgIpc) is 3.02. The molecule has 16 saturated carbocycles. The van der Waals surface area contributed by atoms with Crippen LogP contribution in [0, 0.1) is 71.0 Å². The van der Waals surface area contributed by atoms with E-state index in [0.29, 0.717) is 0 Å². The molecule has 1 nitrogen and oxygen atoms in total. The predicted molar refractivity (Wildman–Crippen MR) is 209 cm³/mol. The van der Waals surface area contributed by atoms with Gasteiger partial charge in [0.05, 0.1) is 0 Å². The molecule has 0 aromatic carbocycles. The SMILES string of the molecule is C(CP(C12CC3CC(CC(C3)C1)C2)C12CC3CC(CC(C3)C1)C2)NCCP(C12CC3CC(CC(C3)C1)C2)C12CC3CC(CC(C3)C1)C2.[Cl][IrH2]. The van der Waals surface area contributed by atoms with Crippen LogP contribution in [0.25, 0.3) is 0 Å². The van der Waals surface area contributed by atoms with E-state index < -0.39 is 0 Å². The van der Waals surface area contributed by atoms with Gasteiger partial charge in [-0.1, -0.05) is 15.8 Å². The van der Waals surface area contributed by atoms with Crippen LogP contribution in [0.3, 0.4) is 0 Å². The van der Waals surface area contributed by atoms with Crippen LogP contribution < -0.4 is 5.32 Å². The minimum absolute atomic E-state index is 0.157. The van der Waals surface area contributed by atoms with Crippen molar-refractivity contribution in [1.82, 2.24) is 5.32 Å². The van der Waals surface area contributed by atoms with E-state index in [1.54, 1.807) is 166 Å². The summed E-state index contributed by atoms with van der Waals surface area (Å²) in [6.07, 6.45) is 43.2. The quantitative estimate of drug-likeness (QED) is 0.170. The first-order chi connectivity index (χ1) is 23.9. The Kier molecular flexibility index (Phi) is 8.78. The molecule has 0 amide bonds. The van der Waals surface area contributed by atoms with E-state index in [2.05, 4.69) is 5.32 Å². The van der Waals surface area contributed by atoms with Crippen molar-refractivity contribution in [3.8, 4) is 0 Å². The molecule has 16 aliphatic rings. The predicted octanol–water partition coefficient (Wildman–Crippen LogP) is 11.6. The van der Waals surface area contributed by atoms with Gasteiger partial charge in [-0.2, -0.15) is 0 Å². The van der Waals surface area contributed by atoms with Crippen LogP contribution in [0.2, 0.25) is 0 Å². The third kappa shape index (κ3) is 5.65. The minimum atomic E-state index is 0.157. The normalized spacial score (nSPS) is 57.4. The number of nitrogens with one attached hydrogen (secondary N) is 1. The Labute approximate surface area is 318 Å². The molecule has 16 aliphatic carbocycles. The molecule has 0 spiro atoms. The molecule has 5 heteroatoms. The topological polar surface area (TPSA) is 12.0 Å². The molecule has 0 radical (unpaired) electrons. The van der Waals surface area contributed by atoms with Crippen molar-refractivity contribution in [3.05, 3.63) is 0 Å². The summed E-state index contributed by atoms with van der Waals surface area (Å²) in [5, 5.41) is 7.69. The molecular weight excluding hydrogens is 832 g/mol. The van der Waals surface area contributed by atoms with E-state index in [-0.39, 0.29) is 15.8 Å². The summed E-state index contributed by atoms with van der Waals surface area (Å²) in [7, 11) is 5.01. The number of rotatable bonds is 10. The summed E-state index contributed by atoms with van der Waals surface area (Å²) in [5.74, 6) is 13.6. The van der Waals surface area contributed by atoms with Crippen LogP contribution in [0.15, 0.2) is 0 Å². The van der Waals surface area contributed by atoms with E-state index in [9.17, 15) is 0 Å². The van der Waals surface area contributed by atoms with Gasteiger partial charge in [0.25, 0.3) is 0 Å². The molecule has 49 heavy (non-hydrogen) atoms. The van der Waals surface area contributed by atoms with Gasteiger partial charge >= 0.3 is 27.5 Å². The molecule has 0 saturated heterocycles. The summed E-state index contributed by atoms with van der Waals surface area (Å²) in [4.78, 5) is 0. The fourth-order valence-corrected chi connectivity index (χ4v) is 30.5. The Balaban J connectivity index is 0.00000143. The van der Waals surface area contributed by atoms with Crippen LogP contribution in [0.5, 0.6) is 0 Å². The Bertz CT molecular complexity index is 942. The van der Waals surface area contributed by atoms with Crippen LogP contribution in [-0.2, 0) is 17.9 Å². The fourth-order valence-electron chi connectivity index (χ4n) is 20.0. The van der Waals surface area contributed by atoms with Crippen molar-refractivity contribution in [1.29, 1.82) is 0 Å². The Morgan fingerprint density at radius 2 is 0.510 bits per heavy atom. The van der Waals surface area contributed by atoms with E-state index in [1.165, 1.54) is 31.0 Å². The Morgan fingerprint density at radius 3 is 0.673 bits per heavy atom. The van der Waals surface area contributed by atoms with Gasteiger partial charge in [-0.15, -0.1) is 0 Å². The second-order valence-electron chi connectivity index (χ2n) is 22.6. The van der Waals surface area contributed by atoms with Crippen LogP contribution >= 0.6 is 25.4 Å². The van der Waals surface area contributed by atoms with Crippen molar-refractivity contribution >= 4 is 25.4 Å². The molecule has 1 N–H and O–H groups in total. The monoisotopic (exact) mass is 903 g/mol. The standard InChI is InChI=1S/C44H69NP2.ClH.Ir.2H/c1(3-46(41-17-29-5-30(18-41)7-31(6-29)19-41)42-20-32-8-33(21-42)10-34(9-32)22-42)45-2-4-47(43-23-35-11-36(24-43)13-37(12-35)25-43)44-26-38-14-39(27-44)16-40(15-38)28-44;;;;/h29-40,45H,1-28H2;1H;;;/q;;+1;;/p-1. The van der Waals surface area contributed by atoms with Crippen molar-refractivity contribution < 1.29 is 17.9 Å². The second-order valence-corrected chi connectivity index (χ2v) is 29.0. The zero-order chi connectivity index (χ0) is 32.6. The molecule has 278 valence electrons. The van der Waals surface area contributed by atoms with Gasteiger partial charge in [0, 0.05) is 0 Å². The second kappa shape index (κ2) is 12.6. The molecule has 16 bridgehead atoms. The molecule has 0 heterocycles. The zero-order valence-electron chi connectivity index (χ0n) is 30.9. The maximum absolute atomic E-state index is 4.69. The van der Waals surface area contributed by atoms with E-state index in [4.69, 9.17) is 9.58 Å². The maximum atomic E-state index is 4.69. The molecule has 0 aromatic rings. The Hall–Kier alpha value is 1.76. The van der Waals surface area contributed by atoms with Crippen LogP contribution in [0.1, 0.15) is 154 Å². The van der Waals surface area contributed by atoms with Crippen molar-refractivity contribution in [3.63, 3.8) is 0 Å². The van der Waals surface area contributed by atoms with Gasteiger partial charge in [-0.25, -0.2) is 0 Å². The third-order valence-electron chi connectivity index (χ3n) is 19.3. The molecule has 16 rings (SSSR count). The van der Waals surface area contributed by atoms with Crippen molar-refractivity contribution in [2.24, 2.45) is 71.0 Å². The number of hydrogen-bond acceptors (Lipinski definition) is 1. The van der Waals surface area contributed by atoms with E-state index >= 15 is 0 Å². The van der Waals surface area contributed by atoms with Gasteiger partial charge in [0.2, 0.25) is 0 Å². The zero-order valence-corrected chi connectivity index (χ0v) is 36.1. The van der Waals surface area contributed by atoms with Gasteiger partial charge in [0.15, 0.2) is 0 Å². The molecule has 0 aromatic heterocycles. The van der Waals surface area contributed by atoms with Gasteiger partial charge < -0.3 is 5.32 Å². The average molecular weight is 904 g/mol. The fraction of sp³-hybridized carbons (Fsp3) is 1.00. The number of halogens is 1. The molecule has 16 fully saturated rings. The first-order valence-corrected chi connectivity index (χ1v) is 28.7. The summed E-state index contributed by atoms with van der Waals surface area (Å²) in [6, 6.07) is 0. The third-order valence-corrected chi connectivity index (χ3v) is 27.5. The number of hydrogen-bond donors (Lipinski definition) is 1. The molecule has 0 aliphatic heterocycles. The Morgan fingerprint density at radius 1 is 0.347 bits per heavy atom. The summed E-state index contributed by atoms with van der Waals surface area (Å²) < 4.78 is 0. The summed E-state index contributed by atoms with van der Waals surface area (Å²) in [5.41, 5.74) is 0. The first kappa shape index (κ1) is 34.0. The van der Waals surface area contributed by atoms with Crippen molar-refractivity contribution in [2.45, 2.75) is 175 Å². The molecular formula is C44H71ClIrNP2. The van der Waals surface area contributed by atoms with Crippen molar-refractivity contribution in [2.75, 3.05) is 25.4 Å². The van der Waals surface area contributed by atoms with E-state index in [1.807, 2.05) is 0 Å². The van der Waals surface area contributed by atoms with Crippen LogP contribution in [-0.4, -0.2) is 46.0 Å². The van der Waals surface area contributed by atoms with E-state index in [0.717, 1.165) is 91.6 Å². The van der Waals surface area contributed by atoms with Crippen LogP contribution in [0.4, 0.5) is 0 Å². The summed E-state index contributed by atoms with van der Waals surface area (Å²) in [6.45, 7) is 2.81. The molecule has 0 unspecified atom stereocenters. The van der Waals surface area contributed by atoms with Gasteiger partial charge in [-0.3, -0.25) is 0 Å². The van der Waals surface area contributed by atoms with Gasteiger partial charge in [0.1, 0.15) is 0 Å². The van der Waals surface area contributed by atoms with Gasteiger partial charge in [-0.05, 0) is 271 Å². The molecule has 0 atom stereocenters. The summed E-state index contributed by atoms with van der Waals surface area (Å²) >= 11 is 1.19. The first-order valence-electron chi connectivity index (χ1n) is 22.3.